The number of alkyl halides is 1. The van der Waals surface area contributed by atoms with Crippen molar-refractivity contribution in [3.05, 3.63) is 47.5 Å². The lowest BCUT2D eigenvalue weighted by Gasteiger charge is -2.25. The van der Waals surface area contributed by atoms with Crippen LogP contribution >= 0.6 is 22.6 Å². The zero-order valence-corrected chi connectivity index (χ0v) is 12.1. The molecule has 1 aliphatic rings. The van der Waals surface area contributed by atoms with E-state index < -0.39 is 0 Å². The van der Waals surface area contributed by atoms with Gasteiger partial charge in [-0.05, 0) is 34.7 Å². The van der Waals surface area contributed by atoms with Crippen LogP contribution in [0.15, 0.2) is 36.4 Å². The topological polar surface area (TPSA) is 29.1 Å². The third-order valence-electron chi connectivity index (χ3n) is 3.50. The van der Waals surface area contributed by atoms with Gasteiger partial charge in [-0.25, -0.2) is 0 Å². The highest BCUT2D eigenvalue weighted by atomic mass is 127. The number of benzene rings is 2. The summed E-state index contributed by atoms with van der Waals surface area (Å²) in [6.45, 7) is 0. The van der Waals surface area contributed by atoms with E-state index in [9.17, 15) is 4.79 Å². The average molecular weight is 351 g/mol. The number of carbonyl (C=O) groups excluding carboxylic acids is 1. The van der Waals surface area contributed by atoms with E-state index in [1.54, 1.807) is 0 Å². The van der Waals surface area contributed by atoms with Gasteiger partial charge >= 0.3 is 0 Å². The van der Waals surface area contributed by atoms with E-state index in [1.165, 1.54) is 21.9 Å². The highest BCUT2D eigenvalue weighted by Crippen LogP contribution is 2.29. The minimum absolute atomic E-state index is 0.132. The molecule has 0 aliphatic heterocycles. The van der Waals surface area contributed by atoms with E-state index in [0.29, 0.717) is 4.43 Å². The summed E-state index contributed by atoms with van der Waals surface area (Å²) in [5.74, 6) is 0.132. The first kappa shape index (κ1) is 12.0. The Morgan fingerprint density at radius 3 is 2.33 bits per heavy atom. The first-order chi connectivity index (χ1) is 8.78. The second-order valence-electron chi connectivity index (χ2n) is 4.74. The van der Waals surface area contributed by atoms with E-state index in [0.717, 1.165) is 12.8 Å². The molecule has 1 N–H and O–H groups in total. The van der Waals surface area contributed by atoms with Crippen LogP contribution in [0.1, 0.15) is 11.1 Å². The number of halogens is 1. The second kappa shape index (κ2) is 4.88. The fraction of sp³-hybridized carbons (Fsp3) is 0.267. The largest absolute Gasteiger partial charge is 0.352 e. The van der Waals surface area contributed by atoms with Crippen LogP contribution < -0.4 is 5.32 Å². The molecular weight excluding hydrogens is 337 g/mol. The Hall–Kier alpha value is -1.10. The summed E-state index contributed by atoms with van der Waals surface area (Å²) < 4.78 is 0.528. The number of amides is 1. The minimum atomic E-state index is 0.132. The molecule has 0 fully saturated rings. The van der Waals surface area contributed by atoms with Crippen LogP contribution in [0.3, 0.4) is 0 Å². The fourth-order valence-corrected chi connectivity index (χ4v) is 3.03. The molecule has 2 aromatic carbocycles. The summed E-state index contributed by atoms with van der Waals surface area (Å²) in [4.78, 5) is 11.5. The first-order valence-corrected chi connectivity index (χ1v) is 7.65. The van der Waals surface area contributed by atoms with Gasteiger partial charge in [0.1, 0.15) is 0 Å². The number of hydrogen-bond donors (Lipinski definition) is 1. The monoisotopic (exact) mass is 351 g/mol. The van der Waals surface area contributed by atoms with Gasteiger partial charge in [0, 0.05) is 6.04 Å². The lowest BCUT2D eigenvalue weighted by atomic mass is 9.86. The highest BCUT2D eigenvalue weighted by Gasteiger charge is 2.21. The molecule has 0 saturated carbocycles. The van der Waals surface area contributed by atoms with Crippen LogP contribution in [-0.4, -0.2) is 16.4 Å². The minimum Gasteiger partial charge on any atom is -0.352 e. The van der Waals surface area contributed by atoms with Gasteiger partial charge in [0.05, 0.1) is 4.43 Å². The Bertz CT molecular complexity index is 568. The molecule has 0 bridgehead atoms. The van der Waals surface area contributed by atoms with Crippen molar-refractivity contribution >= 4 is 39.3 Å². The summed E-state index contributed by atoms with van der Waals surface area (Å²) in [6, 6.07) is 13.1. The molecule has 2 nitrogen and oxygen atoms in total. The quantitative estimate of drug-likeness (QED) is 0.654. The SMILES string of the molecule is O=C(CI)NC1Cc2cccc3cccc(c23)C1. The van der Waals surface area contributed by atoms with Crippen molar-refractivity contribution in [2.24, 2.45) is 0 Å². The van der Waals surface area contributed by atoms with Crippen molar-refractivity contribution in [2.45, 2.75) is 18.9 Å². The van der Waals surface area contributed by atoms with Crippen LogP contribution in [0.5, 0.6) is 0 Å². The molecule has 92 valence electrons. The highest BCUT2D eigenvalue weighted by molar-refractivity contribution is 14.1. The van der Waals surface area contributed by atoms with Crippen molar-refractivity contribution in [3.8, 4) is 0 Å². The van der Waals surface area contributed by atoms with Crippen molar-refractivity contribution in [2.75, 3.05) is 4.43 Å². The predicted molar refractivity (Wildman–Crippen MR) is 82.2 cm³/mol. The molecule has 0 unspecified atom stereocenters. The first-order valence-electron chi connectivity index (χ1n) is 6.13. The van der Waals surface area contributed by atoms with Gasteiger partial charge in [0.15, 0.2) is 0 Å². The predicted octanol–water partition coefficient (Wildman–Crippen LogP) is 2.86. The van der Waals surface area contributed by atoms with Crippen molar-refractivity contribution < 1.29 is 4.79 Å². The molecule has 0 spiro atoms. The van der Waals surface area contributed by atoms with Crippen LogP contribution in [0.2, 0.25) is 0 Å². The summed E-state index contributed by atoms with van der Waals surface area (Å²) in [6.07, 6.45) is 1.88. The van der Waals surface area contributed by atoms with E-state index in [1.807, 2.05) is 0 Å². The van der Waals surface area contributed by atoms with Gasteiger partial charge in [0.2, 0.25) is 5.91 Å². The summed E-state index contributed by atoms with van der Waals surface area (Å²) >= 11 is 2.10. The van der Waals surface area contributed by atoms with Crippen LogP contribution in [0, 0.1) is 0 Å². The molecule has 0 atom stereocenters. The fourth-order valence-electron chi connectivity index (χ4n) is 2.81. The lowest BCUT2D eigenvalue weighted by molar-refractivity contribution is -0.119. The second-order valence-corrected chi connectivity index (χ2v) is 5.50. The van der Waals surface area contributed by atoms with Gasteiger partial charge in [-0.1, -0.05) is 59.0 Å². The summed E-state index contributed by atoms with van der Waals surface area (Å²) in [7, 11) is 0. The molecule has 3 heteroatoms. The van der Waals surface area contributed by atoms with Crippen molar-refractivity contribution in [3.63, 3.8) is 0 Å². The number of rotatable bonds is 2. The van der Waals surface area contributed by atoms with E-state index in [2.05, 4.69) is 64.3 Å². The molecule has 0 radical (unpaired) electrons. The number of carbonyl (C=O) groups is 1. The molecule has 0 heterocycles. The maximum absolute atomic E-state index is 11.5. The van der Waals surface area contributed by atoms with Gasteiger partial charge in [0.25, 0.3) is 0 Å². The molecule has 0 saturated heterocycles. The molecule has 1 aliphatic carbocycles. The van der Waals surface area contributed by atoms with E-state index >= 15 is 0 Å². The van der Waals surface area contributed by atoms with Gasteiger partial charge in [-0.2, -0.15) is 0 Å². The normalized spacial score (nSPS) is 14.7. The van der Waals surface area contributed by atoms with Crippen LogP contribution in [0.4, 0.5) is 0 Å². The maximum atomic E-state index is 11.5. The summed E-state index contributed by atoms with van der Waals surface area (Å²) in [5.41, 5.74) is 2.71. The Balaban J connectivity index is 1.98. The third kappa shape index (κ3) is 2.11. The number of hydrogen-bond acceptors (Lipinski definition) is 1. The van der Waals surface area contributed by atoms with Crippen molar-refractivity contribution in [1.29, 1.82) is 0 Å². The molecule has 0 aromatic heterocycles. The third-order valence-corrected chi connectivity index (χ3v) is 4.19. The summed E-state index contributed by atoms with van der Waals surface area (Å²) in [5, 5.41) is 5.80. The Kier molecular flexibility index (Phi) is 3.24. The Labute approximate surface area is 120 Å². The van der Waals surface area contributed by atoms with Crippen molar-refractivity contribution in [1.82, 2.24) is 5.32 Å². The smallest absolute Gasteiger partial charge is 0.230 e. The molecule has 3 rings (SSSR count). The average Bonchev–Trinajstić information content (AvgIpc) is 2.39. The van der Waals surface area contributed by atoms with Crippen LogP contribution in [-0.2, 0) is 17.6 Å². The van der Waals surface area contributed by atoms with Gasteiger partial charge in [-0.15, -0.1) is 0 Å². The molecule has 1 amide bonds. The zero-order chi connectivity index (χ0) is 12.5. The molecule has 2 aromatic rings. The molecular formula is C15H14INO. The molecule has 18 heavy (non-hydrogen) atoms. The Morgan fingerprint density at radius 2 is 1.78 bits per heavy atom. The van der Waals surface area contributed by atoms with E-state index in [4.69, 9.17) is 0 Å². The maximum Gasteiger partial charge on any atom is 0.230 e. The van der Waals surface area contributed by atoms with Gasteiger partial charge < -0.3 is 5.32 Å². The van der Waals surface area contributed by atoms with E-state index in [-0.39, 0.29) is 11.9 Å². The van der Waals surface area contributed by atoms with Crippen LogP contribution in [0.25, 0.3) is 10.8 Å². The Morgan fingerprint density at radius 1 is 1.17 bits per heavy atom. The van der Waals surface area contributed by atoms with Gasteiger partial charge in [-0.3, -0.25) is 4.79 Å². The lowest BCUT2D eigenvalue weighted by Crippen LogP contribution is -2.40. The zero-order valence-electron chi connectivity index (χ0n) is 9.95. The number of nitrogens with one attached hydrogen (secondary N) is 1. The standard InChI is InChI=1S/C15H14INO/c16-9-14(18)17-13-7-11-5-1-3-10-4-2-6-12(8-13)15(10)11/h1-6,13H,7-9H2,(H,17,18).